The van der Waals surface area contributed by atoms with Crippen LogP contribution < -0.4 is 5.32 Å². The summed E-state index contributed by atoms with van der Waals surface area (Å²) in [5, 5.41) is 3.28. The van der Waals surface area contributed by atoms with Gasteiger partial charge in [-0.2, -0.15) is 12.6 Å². The molecule has 1 heterocycles. The van der Waals surface area contributed by atoms with Crippen LogP contribution in [-0.2, 0) is 14.2 Å². The maximum absolute atomic E-state index is 5.38. The van der Waals surface area contributed by atoms with Crippen molar-refractivity contribution in [2.24, 2.45) is 0 Å². The highest BCUT2D eigenvalue weighted by atomic mass is 32.1. The number of rotatable bonds is 10. The largest absolute Gasteiger partial charge is 0.369 e. The van der Waals surface area contributed by atoms with E-state index in [2.05, 4.69) is 24.8 Å². The highest BCUT2D eigenvalue weighted by molar-refractivity contribution is 7.80. The van der Waals surface area contributed by atoms with Crippen molar-refractivity contribution in [2.45, 2.75) is 32.1 Å². The second-order valence-corrected chi connectivity index (χ2v) is 3.75. The van der Waals surface area contributed by atoms with Gasteiger partial charge in [-0.1, -0.05) is 13.1 Å². The summed E-state index contributed by atoms with van der Waals surface area (Å²) >= 11 is 3.92. The van der Waals surface area contributed by atoms with Gasteiger partial charge in [0.05, 0.1) is 19.2 Å². The van der Waals surface area contributed by atoms with E-state index < -0.39 is 0 Å². The van der Waals surface area contributed by atoms with E-state index in [1.807, 2.05) is 0 Å². The molecule has 0 saturated carbocycles. The fraction of sp³-hybridized carbons (Fsp3) is 1.00. The van der Waals surface area contributed by atoms with Crippen molar-refractivity contribution >= 4 is 19.9 Å². The summed E-state index contributed by atoms with van der Waals surface area (Å²) in [5.41, 5.74) is 0. The lowest BCUT2D eigenvalue weighted by atomic mass is 9.77. The Labute approximate surface area is 97.7 Å². The van der Waals surface area contributed by atoms with Crippen LogP contribution in [0.15, 0.2) is 0 Å². The first kappa shape index (κ1) is 13.3. The quantitative estimate of drug-likeness (QED) is 0.189. The van der Waals surface area contributed by atoms with Crippen LogP contribution in [-0.4, -0.2) is 45.5 Å². The van der Waals surface area contributed by atoms with E-state index in [0.717, 1.165) is 6.54 Å². The summed E-state index contributed by atoms with van der Waals surface area (Å²) in [5.74, 6) is 0.438. The summed E-state index contributed by atoms with van der Waals surface area (Å²) in [4.78, 5) is 0. The van der Waals surface area contributed by atoms with Crippen LogP contribution in [0, 0.1) is 0 Å². The van der Waals surface area contributed by atoms with Crippen LogP contribution in [0.3, 0.4) is 0 Å². The lowest BCUT2D eigenvalue weighted by Gasteiger charge is -2.01. The third kappa shape index (κ3) is 6.42. The first-order valence-corrected chi connectivity index (χ1v) is 6.20. The van der Waals surface area contributed by atoms with Crippen molar-refractivity contribution in [1.29, 1.82) is 0 Å². The molecule has 0 spiro atoms. The van der Waals surface area contributed by atoms with Gasteiger partial charge in [0.1, 0.15) is 7.28 Å². The van der Waals surface area contributed by atoms with E-state index in [1.54, 1.807) is 0 Å². The summed E-state index contributed by atoms with van der Waals surface area (Å²) in [6.45, 7) is 4.34. The Hall–Kier alpha value is 0.255. The Balaban J connectivity index is 1.81. The lowest BCUT2D eigenvalue weighted by molar-refractivity contribution is 0.0143. The van der Waals surface area contributed by atoms with Crippen molar-refractivity contribution in [2.75, 3.05) is 25.7 Å². The Morgan fingerprint density at radius 3 is 3.07 bits per heavy atom. The molecule has 1 unspecified atom stereocenters. The summed E-state index contributed by atoms with van der Waals surface area (Å²) in [6, 6.07) is 0. The van der Waals surface area contributed by atoms with Gasteiger partial charge in [0, 0.05) is 0 Å². The van der Waals surface area contributed by atoms with Crippen molar-refractivity contribution in [3.63, 3.8) is 0 Å². The molecule has 6 heteroatoms. The second kappa shape index (κ2) is 8.41. The van der Waals surface area contributed by atoms with E-state index in [0.29, 0.717) is 19.2 Å². The molecular weight excluding hydrogens is 213 g/mol. The first-order valence-electron chi connectivity index (χ1n) is 5.57. The summed E-state index contributed by atoms with van der Waals surface area (Å²) < 4.78 is 15.7. The Morgan fingerprint density at radius 2 is 2.33 bits per heavy atom. The number of nitrogens with one attached hydrogen (secondary N) is 1. The van der Waals surface area contributed by atoms with Gasteiger partial charge in [-0.25, -0.2) is 0 Å². The van der Waals surface area contributed by atoms with Crippen LogP contribution in [0.25, 0.3) is 0 Å². The van der Waals surface area contributed by atoms with Crippen LogP contribution >= 0.6 is 12.6 Å². The maximum atomic E-state index is 5.38. The van der Waals surface area contributed by atoms with Crippen molar-refractivity contribution in [3.05, 3.63) is 0 Å². The molecule has 1 fully saturated rings. The molecule has 0 aromatic rings. The molecule has 1 N–H and O–H groups in total. The van der Waals surface area contributed by atoms with Crippen molar-refractivity contribution < 1.29 is 14.2 Å². The maximum Gasteiger partial charge on any atom is 0.199 e. The van der Waals surface area contributed by atoms with Gasteiger partial charge in [-0.15, -0.1) is 0 Å². The zero-order valence-electron chi connectivity index (χ0n) is 9.28. The SMILES string of the molecule is CBCCCN[C@H]1OC1OCCOCS. The van der Waals surface area contributed by atoms with Crippen LogP contribution in [0.1, 0.15) is 6.42 Å². The summed E-state index contributed by atoms with van der Waals surface area (Å²) in [7, 11) is 1.24. The average molecular weight is 233 g/mol. The van der Waals surface area contributed by atoms with Gasteiger partial charge in [0.25, 0.3) is 0 Å². The fourth-order valence-electron chi connectivity index (χ4n) is 1.28. The smallest absolute Gasteiger partial charge is 0.199 e. The average Bonchev–Trinajstić information content (AvgIpc) is 2.99. The Kier molecular flexibility index (Phi) is 7.47. The number of hydrogen-bond acceptors (Lipinski definition) is 5. The third-order valence-corrected chi connectivity index (χ3v) is 2.36. The molecule has 2 atom stereocenters. The molecule has 0 aromatic heterocycles. The standard InChI is InChI=1S/C9H20BNO3S/c1-10-3-2-4-11-8-9(14-8)13-6-5-12-7-15/h8-11,15H,2-7H2,1H3/t8-,9?/m0/s1. The zero-order valence-corrected chi connectivity index (χ0v) is 10.2. The van der Waals surface area contributed by atoms with Gasteiger partial charge < -0.3 is 14.2 Å². The highest BCUT2D eigenvalue weighted by Crippen LogP contribution is 2.20. The zero-order chi connectivity index (χ0) is 10.9. The predicted molar refractivity (Wildman–Crippen MR) is 64.9 cm³/mol. The Bertz CT molecular complexity index is 148. The molecule has 0 amide bonds. The molecule has 1 aliphatic rings. The van der Waals surface area contributed by atoms with Crippen LogP contribution in [0.5, 0.6) is 0 Å². The van der Waals surface area contributed by atoms with Crippen LogP contribution in [0.2, 0.25) is 13.1 Å². The molecule has 88 valence electrons. The molecule has 1 rings (SSSR count). The predicted octanol–water partition coefficient (Wildman–Crippen LogP) is 0.472. The van der Waals surface area contributed by atoms with Crippen molar-refractivity contribution in [3.8, 4) is 0 Å². The van der Waals surface area contributed by atoms with Crippen molar-refractivity contribution in [1.82, 2.24) is 5.32 Å². The molecule has 0 bridgehead atoms. The van der Waals surface area contributed by atoms with Crippen LogP contribution in [0.4, 0.5) is 0 Å². The normalized spacial score (nSPS) is 24.1. The highest BCUT2D eigenvalue weighted by Gasteiger charge is 2.39. The summed E-state index contributed by atoms with van der Waals surface area (Å²) in [6.07, 6.45) is 2.49. The van der Waals surface area contributed by atoms with Gasteiger partial charge in [-0.05, 0) is 13.0 Å². The molecule has 0 radical (unpaired) electrons. The number of thiol groups is 1. The molecule has 1 saturated heterocycles. The minimum absolute atomic E-state index is 0.0739. The Morgan fingerprint density at radius 1 is 1.47 bits per heavy atom. The minimum atomic E-state index is -0.0739. The van der Waals surface area contributed by atoms with Gasteiger partial charge >= 0.3 is 0 Å². The lowest BCUT2D eigenvalue weighted by Crippen LogP contribution is -2.22. The molecule has 15 heavy (non-hydrogen) atoms. The second-order valence-electron chi connectivity index (χ2n) is 3.49. The van der Waals surface area contributed by atoms with Gasteiger partial charge in [0.15, 0.2) is 12.5 Å². The van der Waals surface area contributed by atoms with E-state index in [-0.39, 0.29) is 12.5 Å². The van der Waals surface area contributed by atoms with E-state index >= 15 is 0 Å². The van der Waals surface area contributed by atoms with E-state index in [9.17, 15) is 0 Å². The topological polar surface area (TPSA) is 43.0 Å². The first-order chi connectivity index (χ1) is 7.38. The number of epoxide rings is 1. The van der Waals surface area contributed by atoms with E-state index in [1.165, 1.54) is 20.0 Å². The molecule has 0 aromatic carbocycles. The fourth-order valence-corrected chi connectivity index (χ4v) is 1.41. The molecule has 0 aliphatic carbocycles. The number of ether oxygens (including phenoxy) is 3. The van der Waals surface area contributed by atoms with E-state index in [4.69, 9.17) is 14.2 Å². The third-order valence-electron chi connectivity index (χ3n) is 2.18. The monoisotopic (exact) mass is 233 g/mol. The van der Waals surface area contributed by atoms with Gasteiger partial charge in [0.2, 0.25) is 0 Å². The molecule has 4 nitrogen and oxygen atoms in total. The molecular formula is C9H20BNO3S. The number of hydrogen-bond donors (Lipinski definition) is 2. The van der Waals surface area contributed by atoms with Gasteiger partial charge in [-0.3, -0.25) is 5.32 Å². The molecule has 1 aliphatic heterocycles. The minimum Gasteiger partial charge on any atom is -0.369 e.